The Morgan fingerprint density at radius 3 is 1.39 bits per heavy atom. The maximum Gasteiger partial charge on any atom is 0.130 e. The predicted molar refractivity (Wildman–Crippen MR) is 143 cm³/mol. The van der Waals surface area contributed by atoms with Crippen LogP contribution < -0.4 is 0 Å². The minimum Gasteiger partial charge on any atom is -0.302 e. The van der Waals surface area contributed by atoms with Gasteiger partial charge in [0.2, 0.25) is 0 Å². The third-order valence-corrected chi connectivity index (χ3v) is 7.08. The van der Waals surface area contributed by atoms with E-state index in [4.69, 9.17) is 0 Å². The molecule has 0 aliphatic heterocycles. The molecule has 2 aromatic rings. The Labute approximate surface area is 203 Å². The highest BCUT2D eigenvalue weighted by atomic mass is 16.1. The molecule has 0 atom stereocenters. The molecule has 0 saturated heterocycles. The van der Waals surface area contributed by atoms with E-state index in [0.717, 1.165) is 31.5 Å². The van der Waals surface area contributed by atoms with Crippen molar-refractivity contribution in [1.29, 1.82) is 0 Å². The Hall–Kier alpha value is -1.97. The van der Waals surface area contributed by atoms with Crippen LogP contribution in [-0.4, -0.2) is 53.3 Å². The lowest BCUT2D eigenvalue weighted by Gasteiger charge is -2.38. The first-order valence-electron chi connectivity index (χ1n) is 12.7. The topological polar surface area (TPSA) is 23.6 Å². The van der Waals surface area contributed by atoms with Crippen LogP contribution in [0.5, 0.6) is 0 Å². The van der Waals surface area contributed by atoms with Crippen LogP contribution in [0.3, 0.4) is 0 Å². The van der Waals surface area contributed by atoms with Crippen molar-refractivity contribution in [2.75, 3.05) is 13.1 Å². The molecule has 3 nitrogen and oxygen atoms in total. The van der Waals surface area contributed by atoms with E-state index in [1.165, 1.54) is 17.4 Å². The van der Waals surface area contributed by atoms with Crippen molar-refractivity contribution in [1.82, 2.24) is 9.80 Å². The zero-order chi connectivity index (χ0) is 24.6. The number of aldehydes is 1. The molecule has 0 bridgehead atoms. The number of carbonyl (C=O) groups excluding carboxylic acids is 1. The summed E-state index contributed by atoms with van der Waals surface area (Å²) in [7, 11) is 0. The standard InChI is InChI=1S/C30H46N2O/c1-23(2)31(24(3)4)20-18-30(22-33,19-21-32(25(5)6)26(7)8)29-16-14-28(15-17-29)27-12-10-9-11-13-27/h9-17,22-26H,18-21H2,1-8H3. The second kappa shape index (κ2) is 12.5. The third-order valence-electron chi connectivity index (χ3n) is 7.08. The molecule has 0 spiro atoms. The highest BCUT2D eigenvalue weighted by Crippen LogP contribution is 2.33. The average Bonchev–Trinajstić information content (AvgIpc) is 2.78. The molecule has 0 amide bonds. The summed E-state index contributed by atoms with van der Waals surface area (Å²) < 4.78 is 0. The van der Waals surface area contributed by atoms with E-state index < -0.39 is 5.41 Å². The first-order valence-corrected chi connectivity index (χ1v) is 12.7. The fraction of sp³-hybridized carbons (Fsp3) is 0.567. The molecule has 0 N–H and O–H groups in total. The van der Waals surface area contributed by atoms with Crippen LogP contribution in [0.2, 0.25) is 0 Å². The van der Waals surface area contributed by atoms with E-state index in [2.05, 4.69) is 114 Å². The van der Waals surface area contributed by atoms with Gasteiger partial charge in [-0.1, -0.05) is 54.6 Å². The predicted octanol–water partition coefficient (Wildman–Crippen LogP) is 6.81. The number of benzene rings is 2. The van der Waals surface area contributed by atoms with Gasteiger partial charge in [0, 0.05) is 24.2 Å². The lowest BCUT2D eigenvalue weighted by Crippen LogP contribution is -2.44. The maximum atomic E-state index is 12.8. The van der Waals surface area contributed by atoms with E-state index in [9.17, 15) is 4.79 Å². The molecule has 182 valence electrons. The Kier molecular flexibility index (Phi) is 10.3. The van der Waals surface area contributed by atoms with Crippen LogP contribution in [0, 0.1) is 0 Å². The number of hydrogen-bond acceptors (Lipinski definition) is 3. The molecule has 2 rings (SSSR count). The Morgan fingerprint density at radius 1 is 0.636 bits per heavy atom. The summed E-state index contributed by atoms with van der Waals surface area (Å²) in [4.78, 5) is 17.8. The molecular formula is C30H46N2O. The van der Waals surface area contributed by atoms with Gasteiger partial charge in [-0.15, -0.1) is 0 Å². The summed E-state index contributed by atoms with van der Waals surface area (Å²) in [6.45, 7) is 19.8. The van der Waals surface area contributed by atoms with E-state index in [1.807, 2.05) is 6.07 Å². The molecular weight excluding hydrogens is 404 g/mol. The quantitative estimate of drug-likeness (QED) is 0.313. The zero-order valence-electron chi connectivity index (χ0n) is 22.2. The lowest BCUT2D eigenvalue weighted by molar-refractivity contribution is -0.113. The molecule has 0 saturated carbocycles. The fourth-order valence-electron chi connectivity index (χ4n) is 5.11. The van der Waals surface area contributed by atoms with Crippen LogP contribution >= 0.6 is 0 Å². The number of hydrogen-bond donors (Lipinski definition) is 0. The Morgan fingerprint density at radius 2 is 1.03 bits per heavy atom. The Bertz CT molecular complexity index is 784. The van der Waals surface area contributed by atoms with Crippen LogP contribution in [0.1, 0.15) is 73.8 Å². The molecule has 0 heterocycles. The van der Waals surface area contributed by atoms with Gasteiger partial charge in [-0.2, -0.15) is 0 Å². The molecule has 0 unspecified atom stereocenters. The van der Waals surface area contributed by atoms with Gasteiger partial charge in [0.05, 0.1) is 5.41 Å². The minimum atomic E-state index is -0.487. The maximum absolute atomic E-state index is 12.8. The molecule has 0 aliphatic carbocycles. The zero-order valence-corrected chi connectivity index (χ0v) is 22.2. The highest BCUT2D eigenvalue weighted by molar-refractivity contribution is 5.71. The largest absolute Gasteiger partial charge is 0.302 e. The van der Waals surface area contributed by atoms with Gasteiger partial charge in [0.1, 0.15) is 6.29 Å². The number of carbonyl (C=O) groups is 1. The molecule has 0 radical (unpaired) electrons. The van der Waals surface area contributed by atoms with E-state index in [1.54, 1.807) is 0 Å². The van der Waals surface area contributed by atoms with E-state index in [-0.39, 0.29) is 0 Å². The second-order valence-electron chi connectivity index (χ2n) is 10.6. The van der Waals surface area contributed by atoms with Crippen LogP contribution in [0.25, 0.3) is 11.1 Å². The van der Waals surface area contributed by atoms with Gasteiger partial charge < -0.3 is 4.79 Å². The van der Waals surface area contributed by atoms with Crippen molar-refractivity contribution >= 4 is 6.29 Å². The molecule has 3 heteroatoms. The van der Waals surface area contributed by atoms with Crippen molar-refractivity contribution in [2.45, 2.75) is 97.8 Å². The van der Waals surface area contributed by atoms with Gasteiger partial charge in [0.25, 0.3) is 0 Å². The summed E-state index contributed by atoms with van der Waals surface area (Å²) in [6.07, 6.45) is 2.91. The molecule has 0 aliphatic rings. The van der Waals surface area contributed by atoms with Crippen molar-refractivity contribution < 1.29 is 4.79 Å². The third kappa shape index (κ3) is 7.25. The van der Waals surface area contributed by atoms with Crippen molar-refractivity contribution in [3.05, 3.63) is 60.2 Å². The summed E-state index contributed by atoms with van der Waals surface area (Å²) in [5.41, 5.74) is 3.05. The normalized spacial score (nSPS) is 12.7. The summed E-state index contributed by atoms with van der Waals surface area (Å²) >= 11 is 0. The van der Waals surface area contributed by atoms with Gasteiger partial charge in [0.15, 0.2) is 0 Å². The summed E-state index contributed by atoms with van der Waals surface area (Å²) in [5.74, 6) is 0. The molecule has 33 heavy (non-hydrogen) atoms. The van der Waals surface area contributed by atoms with Gasteiger partial charge in [-0.3, -0.25) is 9.80 Å². The van der Waals surface area contributed by atoms with Crippen LogP contribution in [0.4, 0.5) is 0 Å². The SMILES string of the molecule is CC(C)N(CCC(C=O)(CCN(C(C)C)C(C)C)c1ccc(-c2ccccc2)cc1)C(C)C. The Balaban J connectivity index is 2.38. The highest BCUT2D eigenvalue weighted by Gasteiger charge is 2.34. The van der Waals surface area contributed by atoms with E-state index >= 15 is 0 Å². The van der Waals surface area contributed by atoms with Crippen LogP contribution in [-0.2, 0) is 10.2 Å². The first-order chi connectivity index (χ1) is 15.6. The molecule has 0 fully saturated rings. The van der Waals surface area contributed by atoms with Gasteiger partial charge >= 0.3 is 0 Å². The average molecular weight is 451 g/mol. The smallest absolute Gasteiger partial charge is 0.130 e. The van der Waals surface area contributed by atoms with Gasteiger partial charge in [-0.05, 0) is 98.0 Å². The first kappa shape index (κ1) is 27.3. The van der Waals surface area contributed by atoms with E-state index in [0.29, 0.717) is 24.2 Å². The minimum absolute atomic E-state index is 0.456. The molecule has 0 aromatic heterocycles. The molecule has 2 aromatic carbocycles. The summed E-state index contributed by atoms with van der Waals surface area (Å²) in [5, 5.41) is 0. The van der Waals surface area contributed by atoms with Crippen molar-refractivity contribution in [3.63, 3.8) is 0 Å². The van der Waals surface area contributed by atoms with Crippen molar-refractivity contribution in [3.8, 4) is 11.1 Å². The monoisotopic (exact) mass is 450 g/mol. The summed E-state index contributed by atoms with van der Waals surface area (Å²) in [6, 6.07) is 21.0. The second-order valence-corrected chi connectivity index (χ2v) is 10.6. The van der Waals surface area contributed by atoms with Gasteiger partial charge in [-0.25, -0.2) is 0 Å². The number of nitrogens with zero attached hydrogens (tertiary/aromatic N) is 2. The van der Waals surface area contributed by atoms with Crippen LogP contribution in [0.15, 0.2) is 54.6 Å². The fourth-order valence-corrected chi connectivity index (χ4v) is 5.11. The number of rotatable bonds is 13. The lowest BCUT2D eigenvalue weighted by atomic mass is 9.75. The van der Waals surface area contributed by atoms with Crippen molar-refractivity contribution in [2.24, 2.45) is 0 Å².